The summed E-state index contributed by atoms with van der Waals surface area (Å²) in [6, 6.07) is 5.65. The standard InChI is InChI=1S/C18H28N2O5S/c1-13(2)17(11-18(21)19-12-15-5-4-10-25-15)20-26(22,23)16-8-6-14(24-3)7-9-16/h6-9,13,15,17,20H,4-5,10-12H2,1-3H3,(H,19,21). The Morgan fingerprint density at radius 2 is 2.00 bits per heavy atom. The van der Waals surface area contributed by atoms with Gasteiger partial charge in [-0.05, 0) is 43.0 Å². The molecule has 1 aliphatic rings. The Morgan fingerprint density at radius 3 is 2.54 bits per heavy atom. The number of hydrogen-bond acceptors (Lipinski definition) is 5. The maximum atomic E-state index is 12.6. The molecule has 1 aromatic rings. The minimum atomic E-state index is -3.72. The van der Waals surface area contributed by atoms with Crippen molar-refractivity contribution in [3.8, 4) is 5.75 Å². The predicted octanol–water partition coefficient (Wildman–Crippen LogP) is 1.68. The van der Waals surface area contributed by atoms with Crippen molar-refractivity contribution in [2.45, 2.75) is 50.2 Å². The molecule has 2 unspecified atom stereocenters. The van der Waals surface area contributed by atoms with Crippen LogP contribution in [0.5, 0.6) is 5.75 Å². The molecule has 1 heterocycles. The average Bonchev–Trinajstić information content (AvgIpc) is 3.13. The quantitative estimate of drug-likeness (QED) is 0.676. The van der Waals surface area contributed by atoms with Gasteiger partial charge < -0.3 is 14.8 Å². The number of rotatable bonds is 9. The largest absolute Gasteiger partial charge is 0.497 e. The van der Waals surface area contributed by atoms with Crippen molar-refractivity contribution in [3.05, 3.63) is 24.3 Å². The number of methoxy groups -OCH3 is 1. The Kier molecular flexibility index (Phi) is 7.43. The van der Waals surface area contributed by atoms with E-state index in [9.17, 15) is 13.2 Å². The van der Waals surface area contributed by atoms with Crippen molar-refractivity contribution in [1.29, 1.82) is 0 Å². The molecule has 2 rings (SSSR count). The van der Waals surface area contributed by atoms with Crippen LogP contribution >= 0.6 is 0 Å². The molecule has 0 aliphatic carbocycles. The highest BCUT2D eigenvalue weighted by Crippen LogP contribution is 2.18. The van der Waals surface area contributed by atoms with E-state index in [2.05, 4.69) is 10.0 Å². The second-order valence-corrected chi connectivity index (χ2v) is 8.50. The van der Waals surface area contributed by atoms with Crippen LogP contribution in [0.25, 0.3) is 0 Å². The highest BCUT2D eigenvalue weighted by molar-refractivity contribution is 7.89. The van der Waals surface area contributed by atoms with Crippen LogP contribution in [0, 0.1) is 5.92 Å². The average molecular weight is 384 g/mol. The summed E-state index contributed by atoms with van der Waals surface area (Å²) in [6.07, 6.45) is 2.10. The third kappa shape index (κ3) is 5.96. The molecule has 1 saturated heterocycles. The van der Waals surface area contributed by atoms with Crippen LogP contribution in [0.4, 0.5) is 0 Å². The molecule has 1 amide bonds. The molecule has 0 aromatic heterocycles. The lowest BCUT2D eigenvalue weighted by atomic mass is 10.0. The van der Waals surface area contributed by atoms with Crippen LogP contribution in [-0.2, 0) is 19.6 Å². The topological polar surface area (TPSA) is 93.7 Å². The Labute approximate surface area is 155 Å². The number of ether oxygens (including phenoxy) is 2. The molecule has 2 atom stereocenters. The molecular weight excluding hydrogens is 356 g/mol. The zero-order chi connectivity index (χ0) is 19.2. The zero-order valence-corrected chi connectivity index (χ0v) is 16.3. The number of nitrogens with one attached hydrogen (secondary N) is 2. The Morgan fingerprint density at radius 1 is 1.31 bits per heavy atom. The second kappa shape index (κ2) is 9.34. The molecule has 2 N–H and O–H groups in total. The SMILES string of the molecule is COc1ccc(S(=O)(=O)NC(CC(=O)NCC2CCCO2)C(C)C)cc1. The molecule has 7 nitrogen and oxygen atoms in total. The van der Waals surface area contributed by atoms with Crippen LogP contribution in [0.3, 0.4) is 0 Å². The van der Waals surface area contributed by atoms with Crippen LogP contribution < -0.4 is 14.8 Å². The van der Waals surface area contributed by atoms with Gasteiger partial charge in [0.1, 0.15) is 5.75 Å². The van der Waals surface area contributed by atoms with Crippen LogP contribution in [0.2, 0.25) is 0 Å². The summed E-state index contributed by atoms with van der Waals surface area (Å²) in [5.74, 6) is 0.367. The monoisotopic (exact) mass is 384 g/mol. The normalized spacial score (nSPS) is 18.7. The van der Waals surface area contributed by atoms with Gasteiger partial charge in [-0.1, -0.05) is 13.8 Å². The molecule has 0 radical (unpaired) electrons. The Balaban J connectivity index is 1.95. The van der Waals surface area contributed by atoms with Crippen LogP contribution in [-0.4, -0.2) is 46.7 Å². The Bertz CT molecular complexity index is 682. The molecule has 0 spiro atoms. The third-order valence-electron chi connectivity index (χ3n) is 4.44. The minimum Gasteiger partial charge on any atom is -0.497 e. The van der Waals surface area contributed by atoms with Crippen molar-refractivity contribution in [1.82, 2.24) is 10.0 Å². The molecule has 1 fully saturated rings. The van der Waals surface area contributed by atoms with Gasteiger partial charge in [-0.2, -0.15) is 0 Å². The summed E-state index contributed by atoms with van der Waals surface area (Å²) in [4.78, 5) is 12.3. The fourth-order valence-corrected chi connectivity index (χ4v) is 4.13. The van der Waals surface area contributed by atoms with Crippen molar-refractivity contribution in [2.24, 2.45) is 5.92 Å². The highest BCUT2D eigenvalue weighted by Gasteiger charge is 2.25. The van der Waals surface area contributed by atoms with E-state index in [1.54, 1.807) is 12.1 Å². The summed E-state index contributed by atoms with van der Waals surface area (Å²) in [7, 11) is -2.20. The Hall–Kier alpha value is -1.64. The summed E-state index contributed by atoms with van der Waals surface area (Å²) in [5.41, 5.74) is 0. The van der Waals surface area contributed by atoms with E-state index in [-0.39, 0.29) is 29.2 Å². The first-order chi connectivity index (χ1) is 12.3. The summed E-state index contributed by atoms with van der Waals surface area (Å²) in [5, 5.41) is 2.84. The molecule has 146 valence electrons. The first-order valence-electron chi connectivity index (χ1n) is 8.86. The van der Waals surface area contributed by atoms with Crippen LogP contribution in [0.15, 0.2) is 29.2 Å². The lowest BCUT2D eigenvalue weighted by molar-refractivity contribution is -0.122. The molecule has 0 bridgehead atoms. The maximum absolute atomic E-state index is 12.6. The number of carbonyl (C=O) groups is 1. The predicted molar refractivity (Wildman–Crippen MR) is 98.5 cm³/mol. The van der Waals surface area contributed by atoms with Crippen LogP contribution in [0.1, 0.15) is 33.1 Å². The van der Waals surface area contributed by atoms with E-state index < -0.39 is 16.1 Å². The van der Waals surface area contributed by atoms with Gasteiger partial charge in [0.15, 0.2) is 0 Å². The molecule has 26 heavy (non-hydrogen) atoms. The van der Waals surface area contributed by atoms with Gasteiger partial charge in [0.05, 0.1) is 18.1 Å². The van der Waals surface area contributed by atoms with E-state index in [4.69, 9.17) is 9.47 Å². The first kappa shape index (κ1) is 20.7. The third-order valence-corrected chi connectivity index (χ3v) is 5.94. The van der Waals surface area contributed by atoms with Gasteiger partial charge in [0.2, 0.25) is 15.9 Å². The molecule has 8 heteroatoms. The lowest BCUT2D eigenvalue weighted by Gasteiger charge is -2.22. The fraction of sp³-hybridized carbons (Fsp3) is 0.611. The zero-order valence-electron chi connectivity index (χ0n) is 15.5. The van der Waals surface area contributed by atoms with E-state index in [0.717, 1.165) is 19.4 Å². The smallest absolute Gasteiger partial charge is 0.240 e. The van der Waals surface area contributed by atoms with E-state index in [1.165, 1.54) is 19.2 Å². The van der Waals surface area contributed by atoms with Crippen molar-refractivity contribution in [3.63, 3.8) is 0 Å². The van der Waals surface area contributed by atoms with Gasteiger partial charge >= 0.3 is 0 Å². The van der Waals surface area contributed by atoms with Gasteiger partial charge in [0, 0.05) is 25.6 Å². The number of hydrogen-bond donors (Lipinski definition) is 2. The van der Waals surface area contributed by atoms with Crippen molar-refractivity contribution < 1.29 is 22.7 Å². The van der Waals surface area contributed by atoms with Gasteiger partial charge in [0.25, 0.3) is 0 Å². The van der Waals surface area contributed by atoms with Gasteiger partial charge in [-0.15, -0.1) is 0 Å². The fourth-order valence-electron chi connectivity index (χ4n) is 2.74. The molecule has 0 saturated carbocycles. The molecular formula is C18H28N2O5S. The number of amides is 1. The minimum absolute atomic E-state index is 0.0310. The summed E-state index contributed by atoms with van der Waals surface area (Å²) >= 11 is 0. The van der Waals surface area contributed by atoms with E-state index >= 15 is 0 Å². The highest BCUT2D eigenvalue weighted by atomic mass is 32.2. The number of benzene rings is 1. The summed E-state index contributed by atoms with van der Waals surface area (Å²) in [6.45, 7) is 4.97. The molecule has 1 aliphatic heterocycles. The number of carbonyl (C=O) groups excluding carboxylic acids is 1. The number of sulfonamides is 1. The van der Waals surface area contributed by atoms with E-state index in [1.807, 2.05) is 13.8 Å². The van der Waals surface area contributed by atoms with E-state index in [0.29, 0.717) is 12.3 Å². The molecule has 1 aromatic carbocycles. The summed E-state index contributed by atoms with van der Waals surface area (Å²) < 4.78 is 38.3. The second-order valence-electron chi connectivity index (χ2n) is 6.79. The maximum Gasteiger partial charge on any atom is 0.240 e. The van der Waals surface area contributed by atoms with Gasteiger partial charge in [-0.25, -0.2) is 13.1 Å². The van der Waals surface area contributed by atoms with Crippen molar-refractivity contribution in [2.75, 3.05) is 20.3 Å². The first-order valence-corrected chi connectivity index (χ1v) is 10.3. The van der Waals surface area contributed by atoms with Crippen molar-refractivity contribution >= 4 is 15.9 Å². The lowest BCUT2D eigenvalue weighted by Crippen LogP contribution is -2.43. The van der Waals surface area contributed by atoms with Gasteiger partial charge in [-0.3, -0.25) is 4.79 Å².